The van der Waals surface area contributed by atoms with Crippen LogP contribution in [0, 0.1) is 0 Å². The molecule has 0 heterocycles. The second-order valence-corrected chi connectivity index (χ2v) is 10.8. The maximum absolute atomic E-state index is 12.5. The SMILES string of the molecule is CCCS(=O)(=O)Nc1cccc(Oc2cccc3ccccc23)c1NS(=O)(=O)CCC. The summed E-state index contributed by atoms with van der Waals surface area (Å²) in [5.74, 6) is 0.551. The lowest BCUT2D eigenvalue weighted by molar-refractivity contribution is 0.490. The minimum absolute atomic E-state index is 0.0589. The number of nitrogens with one attached hydrogen (secondary N) is 2. The molecule has 3 rings (SSSR count). The zero-order chi connectivity index (χ0) is 22.5. The normalized spacial score (nSPS) is 11.9. The summed E-state index contributed by atoms with van der Waals surface area (Å²) in [4.78, 5) is 0. The highest BCUT2D eigenvalue weighted by Gasteiger charge is 2.20. The van der Waals surface area contributed by atoms with Gasteiger partial charge in [-0.3, -0.25) is 9.44 Å². The predicted octanol–water partition coefficient (Wildman–Crippen LogP) is 4.94. The highest BCUT2D eigenvalue weighted by atomic mass is 32.2. The smallest absolute Gasteiger partial charge is 0.232 e. The van der Waals surface area contributed by atoms with Gasteiger partial charge in [0.2, 0.25) is 20.0 Å². The van der Waals surface area contributed by atoms with Crippen molar-refractivity contribution >= 4 is 42.2 Å². The summed E-state index contributed by atoms with van der Waals surface area (Å²) >= 11 is 0. The monoisotopic (exact) mass is 462 g/mol. The first-order chi connectivity index (χ1) is 14.7. The van der Waals surface area contributed by atoms with Crippen LogP contribution in [0.3, 0.4) is 0 Å². The van der Waals surface area contributed by atoms with Crippen LogP contribution >= 0.6 is 0 Å². The number of fused-ring (bicyclic) bond motifs is 1. The van der Waals surface area contributed by atoms with Gasteiger partial charge in [-0.25, -0.2) is 16.8 Å². The van der Waals surface area contributed by atoms with Crippen LogP contribution in [-0.2, 0) is 20.0 Å². The molecular weight excluding hydrogens is 436 g/mol. The van der Waals surface area contributed by atoms with Crippen LogP contribution in [0.25, 0.3) is 10.8 Å². The molecule has 0 spiro atoms. The third kappa shape index (κ3) is 5.89. The van der Waals surface area contributed by atoms with Crippen molar-refractivity contribution in [2.75, 3.05) is 20.9 Å². The Balaban J connectivity index is 2.09. The molecule has 31 heavy (non-hydrogen) atoms. The van der Waals surface area contributed by atoms with Gasteiger partial charge in [0.15, 0.2) is 5.75 Å². The number of anilines is 2. The van der Waals surface area contributed by atoms with E-state index in [0.717, 1.165) is 10.8 Å². The van der Waals surface area contributed by atoms with Gasteiger partial charge < -0.3 is 4.74 Å². The number of hydrogen-bond acceptors (Lipinski definition) is 5. The largest absolute Gasteiger partial charge is 0.454 e. The molecule has 0 atom stereocenters. The molecular formula is C22H26N2O5S2. The van der Waals surface area contributed by atoms with Gasteiger partial charge in [-0.15, -0.1) is 0 Å². The summed E-state index contributed by atoms with van der Waals surface area (Å²) in [7, 11) is -7.34. The van der Waals surface area contributed by atoms with Crippen molar-refractivity contribution in [2.24, 2.45) is 0 Å². The predicted molar refractivity (Wildman–Crippen MR) is 126 cm³/mol. The van der Waals surface area contributed by atoms with E-state index in [1.54, 1.807) is 32.0 Å². The third-order valence-electron chi connectivity index (χ3n) is 4.46. The Labute approximate surface area is 183 Å². The van der Waals surface area contributed by atoms with Crippen LogP contribution in [-0.4, -0.2) is 28.3 Å². The maximum Gasteiger partial charge on any atom is 0.232 e. The lowest BCUT2D eigenvalue weighted by Gasteiger charge is -2.18. The highest BCUT2D eigenvalue weighted by molar-refractivity contribution is 7.93. The molecule has 3 aromatic rings. The molecule has 0 saturated carbocycles. The van der Waals surface area contributed by atoms with E-state index in [1.807, 2.05) is 36.4 Å². The number of ether oxygens (including phenoxy) is 1. The molecule has 0 bridgehead atoms. The van der Waals surface area contributed by atoms with Gasteiger partial charge in [-0.2, -0.15) is 0 Å². The minimum atomic E-state index is -3.70. The van der Waals surface area contributed by atoms with Gasteiger partial charge >= 0.3 is 0 Å². The molecule has 0 aliphatic rings. The summed E-state index contributed by atoms with van der Waals surface area (Å²) in [6, 6.07) is 17.9. The molecule has 3 aromatic carbocycles. The van der Waals surface area contributed by atoms with E-state index >= 15 is 0 Å². The average Bonchev–Trinajstić information content (AvgIpc) is 2.70. The van der Waals surface area contributed by atoms with Gasteiger partial charge in [0.25, 0.3) is 0 Å². The van der Waals surface area contributed by atoms with Crippen LogP contribution < -0.4 is 14.2 Å². The van der Waals surface area contributed by atoms with Crippen LogP contribution in [0.1, 0.15) is 26.7 Å². The topological polar surface area (TPSA) is 102 Å². The van der Waals surface area contributed by atoms with E-state index in [9.17, 15) is 16.8 Å². The van der Waals surface area contributed by atoms with Crippen molar-refractivity contribution in [3.05, 3.63) is 60.7 Å². The summed E-state index contributed by atoms with van der Waals surface area (Å²) in [6.45, 7) is 3.51. The molecule has 0 aromatic heterocycles. The Kier molecular flexibility index (Phi) is 7.07. The number of para-hydroxylation sites is 1. The summed E-state index contributed by atoms with van der Waals surface area (Å²) < 4.78 is 60.8. The third-order valence-corrected chi connectivity index (χ3v) is 7.40. The molecule has 9 heteroatoms. The van der Waals surface area contributed by atoms with E-state index < -0.39 is 20.0 Å². The van der Waals surface area contributed by atoms with E-state index in [0.29, 0.717) is 18.6 Å². The van der Waals surface area contributed by atoms with Crippen molar-refractivity contribution in [3.8, 4) is 11.5 Å². The first-order valence-electron chi connectivity index (χ1n) is 10.0. The molecule has 0 fully saturated rings. The Morgan fingerprint density at radius 1 is 0.710 bits per heavy atom. The standard InChI is InChI=1S/C22H26N2O5S2/c1-3-15-30(25,26)23-19-12-8-14-21(22(19)24-31(27,28)16-4-2)29-20-13-7-10-17-9-5-6-11-18(17)20/h5-14,23-24H,3-4,15-16H2,1-2H3. The van der Waals surface area contributed by atoms with E-state index in [4.69, 9.17) is 4.74 Å². The van der Waals surface area contributed by atoms with Gasteiger partial charge in [0, 0.05) is 5.39 Å². The van der Waals surface area contributed by atoms with Crippen molar-refractivity contribution in [1.82, 2.24) is 0 Å². The Bertz CT molecular complexity index is 1270. The van der Waals surface area contributed by atoms with Crippen molar-refractivity contribution in [2.45, 2.75) is 26.7 Å². The van der Waals surface area contributed by atoms with E-state index in [2.05, 4.69) is 9.44 Å². The lowest BCUT2D eigenvalue weighted by Crippen LogP contribution is -2.21. The van der Waals surface area contributed by atoms with Gasteiger partial charge in [-0.1, -0.05) is 56.3 Å². The zero-order valence-electron chi connectivity index (χ0n) is 17.5. The number of benzene rings is 3. The summed E-state index contributed by atoms with van der Waals surface area (Å²) in [6.07, 6.45) is 0.844. The van der Waals surface area contributed by atoms with Crippen LogP contribution in [0.2, 0.25) is 0 Å². The lowest BCUT2D eigenvalue weighted by atomic mass is 10.1. The fraction of sp³-hybridized carbons (Fsp3) is 0.273. The molecule has 7 nitrogen and oxygen atoms in total. The minimum Gasteiger partial charge on any atom is -0.454 e. The second kappa shape index (κ2) is 9.57. The van der Waals surface area contributed by atoms with E-state index in [-0.39, 0.29) is 28.6 Å². The average molecular weight is 463 g/mol. The number of hydrogen-bond donors (Lipinski definition) is 2. The molecule has 0 aliphatic carbocycles. The molecule has 0 saturated heterocycles. The Hall–Kier alpha value is -2.78. The van der Waals surface area contributed by atoms with Crippen molar-refractivity contribution < 1.29 is 21.6 Å². The highest BCUT2D eigenvalue weighted by Crippen LogP contribution is 2.39. The maximum atomic E-state index is 12.5. The second-order valence-electron chi connectivity index (χ2n) is 7.10. The Morgan fingerprint density at radius 3 is 2.00 bits per heavy atom. The fourth-order valence-electron chi connectivity index (χ4n) is 3.17. The van der Waals surface area contributed by atoms with Crippen molar-refractivity contribution in [1.29, 1.82) is 0 Å². The summed E-state index contributed by atoms with van der Waals surface area (Å²) in [5, 5.41) is 1.82. The van der Waals surface area contributed by atoms with Crippen molar-refractivity contribution in [3.63, 3.8) is 0 Å². The Morgan fingerprint density at radius 2 is 1.29 bits per heavy atom. The van der Waals surface area contributed by atoms with Gasteiger partial charge in [-0.05, 0) is 36.4 Å². The molecule has 2 N–H and O–H groups in total. The fourth-order valence-corrected chi connectivity index (χ4v) is 5.48. The number of sulfonamides is 2. The van der Waals surface area contributed by atoms with Gasteiger partial charge in [0.1, 0.15) is 11.4 Å². The van der Waals surface area contributed by atoms with Crippen LogP contribution in [0.5, 0.6) is 11.5 Å². The van der Waals surface area contributed by atoms with Crippen LogP contribution in [0.15, 0.2) is 60.7 Å². The van der Waals surface area contributed by atoms with Gasteiger partial charge in [0.05, 0.1) is 17.2 Å². The summed E-state index contributed by atoms with van der Waals surface area (Å²) in [5.41, 5.74) is 0.175. The molecule has 166 valence electrons. The molecule has 0 radical (unpaired) electrons. The zero-order valence-corrected chi connectivity index (χ0v) is 19.1. The molecule has 0 amide bonds. The van der Waals surface area contributed by atoms with Crippen LogP contribution in [0.4, 0.5) is 11.4 Å². The molecule has 0 unspecified atom stereocenters. The number of rotatable bonds is 10. The first kappa shape index (κ1) is 22.9. The first-order valence-corrected chi connectivity index (χ1v) is 13.3. The van der Waals surface area contributed by atoms with E-state index in [1.165, 1.54) is 6.07 Å². The molecule has 0 aliphatic heterocycles. The quantitative estimate of drug-likeness (QED) is 0.445.